The van der Waals surface area contributed by atoms with Crippen LogP contribution in [0.4, 0.5) is 5.69 Å². The van der Waals surface area contributed by atoms with E-state index in [1.165, 1.54) is 11.1 Å². The van der Waals surface area contributed by atoms with Gasteiger partial charge < -0.3 is 10.6 Å². The molecule has 1 aliphatic carbocycles. The SMILES string of the molecule is CCCC(C(=O)NC=O)N1C(=O)c2cccc3c(C/C(C=NC4CCN(C(=O)C5(C#N)CC5)CC4)=C/N)ccc1c23. The molecule has 2 heterocycles. The molecule has 1 atom stereocenters. The van der Waals surface area contributed by atoms with Gasteiger partial charge in [0, 0.05) is 36.7 Å². The number of nitrogens with zero attached hydrogens (tertiary/aromatic N) is 4. The van der Waals surface area contributed by atoms with Crippen molar-refractivity contribution < 1.29 is 19.2 Å². The number of carbonyl (C=O) groups excluding carboxylic acids is 4. The number of nitrogens with one attached hydrogen (secondary N) is 1. The molecular formula is C31H34N6O4. The number of hydrogen-bond donors (Lipinski definition) is 2. The van der Waals surface area contributed by atoms with Gasteiger partial charge in [-0.25, -0.2) is 0 Å². The van der Waals surface area contributed by atoms with Gasteiger partial charge in [0.15, 0.2) is 0 Å². The van der Waals surface area contributed by atoms with Gasteiger partial charge in [0.2, 0.25) is 18.2 Å². The Morgan fingerprint density at radius 3 is 2.63 bits per heavy atom. The summed E-state index contributed by atoms with van der Waals surface area (Å²) < 4.78 is 0. The molecule has 0 spiro atoms. The van der Waals surface area contributed by atoms with E-state index < -0.39 is 17.4 Å². The van der Waals surface area contributed by atoms with Gasteiger partial charge in [-0.05, 0) is 67.0 Å². The van der Waals surface area contributed by atoms with E-state index in [9.17, 15) is 24.4 Å². The van der Waals surface area contributed by atoms with Gasteiger partial charge in [0.25, 0.3) is 5.91 Å². The van der Waals surface area contributed by atoms with Crippen LogP contribution in [0.2, 0.25) is 0 Å². The van der Waals surface area contributed by atoms with E-state index in [1.54, 1.807) is 17.2 Å². The molecule has 10 nitrogen and oxygen atoms in total. The predicted octanol–water partition coefficient (Wildman–Crippen LogP) is 2.99. The van der Waals surface area contributed by atoms with E-state index in [1.807, 2.05) is 31.2 Å². The minimum absolute atomic E-state index is 0.0422. The fourth-order valence-corrected chi connectivity index (χ4v) is 5.92. The number of carbonyl (C=O) groups is 4. The quantitative estimate of drug-likeness (QED) is 0.341. The molecule has 2 fully saturated rings. The second-order valence-corrected chi connectivity index (χ2v) is 11.0. The van der Waals surface area contributed by atoms with Crippen LogP contribution in [0.25, 0.3) is 10.8 Å². The largest absolute Gasteiger partial charge is 0.404 e. The molecule has 2 aromatic rings. The molecule has 3 N–H and O–H groups in total. The Kier molecular flexibility index (Phi) is 7.88. The van der Waals surface area contributed by atoms with Crippen LogP contribution in [0, 0.1) is 16.7 Å². The van der Waals surface area contributed by atoms with Crippen molar-refractivity contribution >= 4 is 46.8 Å². The maximum absolute atomic E-state index is 13.5. The topological polar surface area (TPSA) is 149 Å². The van der Waals surface area contributed by atoms with E-state index in [0.717, 1.165) is 34.8 Å². The first-order valence-electron chi connectivity index (χ1n) is 14.1. The highest BCUT2D eigenvalue weighted by molar-refractivity contribution is 6.27. The molecule has 212 valence electrons. The number of anilines is 1. The Morgan fingerprint density at radius 2 is 2.00 bits per heavy atom. The van der Waals surface area contributed by atoms with E-state index in [2.05, 4.69) is 11.4 Å². The Balaban J connectivity index is 1.32. The number of aliphatic imine (C=N–C) groups is 1. The second-order valence-electron chi connectivity index (χ2n) is 11.0. The number of allylic oxidation sites excluding steroid dienone is 1. The summed E-state index contributed by atoms with van der Waals surface area (Å²) in [7, 11) is 0. The van der Waals surface area contributed by atoms with Crippen LogP contribution in [-0.2, 0) is 20.8 Å². The molecule has 10 heteroatoms. The van der Waals surface area contributed by atoms with E-state index in [0.29, 0.717) is 62.9 Å². The van der Waals surface area contributed by atoms with Crippen LogP contribution in [0.5, 0.6) is 0 Å². The third-order valence-electron chi connectivity index (χ3n) is 8.38. The molecule has 1 unspecified atom stereocenters. The number of imide groups is 1. The predicted molar refractivity (Wildman–Crippen MR) is 155 cm³/mol. The number of benzene rings is 2. The molecular weight excluding hydrogens is 520 g/mol. The van der Waals surface area contributed by atoms with Gasteiger partial charge in [0.1, 0.15) is 11.5 Å². The second kappa shape index (κ2) is 11.5. The lowest BCUT2D eigenvalue weighted by atomic mass is 9.96. The fraction of sp³-hybridized carbons (Fsp3) is 0.419. The summed E-state index contributed by atoms with van der Waals surface area (Å²) in [5.41, 5.74) is 8.18. The third-order valence-corrected chi connectivity index (χ3v) is 8.38. The highest BCUT2D eigenvalue weighted by atomic mass is 16.2. The molecule has 2 aromatic carbocycles. The number of amides is 4. The third kappa shape index (κ3) is 5.20. The Morgan fingerprint density at radius 1 is 1.24 bits per heavy atom. The summed E-state index contributed by atoms with van der Waals surface area (Å²) >= 11 is 0. The molecule has 41 heavy (non-hydrogen) atoms. The molecule has 1 saturated carbocycles. The molecule has 3 aliphatic rings. The molecule has 1 saturated heterocycles. The number of nitriles is 1. The first-order chi connectivity index (χ1) is 19.9. The number of hydrogen-bond acceptors (Lipinski definition) is 7. The normalized spacial score (nSPS) is 18.9. The van der Waals surface area contributed by atoms with E-state index in [-0.39, 0.29) is 17.9 Å². The number of nitrogens with two attached hydrogens (primary N) is 1. The van der Waals surface area contributed by atoms with Crippen molar-refractivity contribution in [3.05, 3.63) is 53.2 Å². The smallest absolute Gasteiger partial charge is 0.259 e. The summed E-state index contributed by atoms with van der Waals surface area (Å²) in [6, 6.07) is 10.8. The zero-order chi connectivity index (χ0) is 29.1. The zero-order valence-corrected chi connectivity index (χ0v) is 23.1. The van der Waals surface area contributed by atoms with E-state index in [4.69, 9.17) is 10.7 Å². The first kappa shape index (κ1) is 28.0. The average Bonchev–Trinajstić information content (AvgIpc) is 3.75. The van der Waals surface area contributed by atoms with Crippen molar-refractivity contribution in [1.29, 1.82) is 5.26 Å². The van der Waals surface area contributed by atoms with Crippen molar-refractivity contribution in [3.63, 3.8) is 0 Å². The van der Waals surface area contributed by atoms with Crippen LogP contribution in [0.1, 0.15) is 61.4 Å². The number of likely N-dealkylation sites (tertiary alicyclic amines) is 1. The molecule has 0 aromatic heterocycles. The minimum atomic E-state index is -0.790. The standard InChI is InChI=1S/C31H34N6O4/c1-2-4-26(28(39)35-19-38)37-25-8-7-21(23-5-3-6-24(27(23)25)29(37)40)15-20(16-32)17-34-22-9-13-36(14-10-22)30(41)31(18-33)11-12-31/h3,5-8,16-17,19,22,26H,2,4,9-15,32H2,1H3,(H,35,38,39)/b20-16-,34-17?. The molecule has 0 radical (unpaired) electrons. The highest BCUT2D eigenvalue weighted by Gasteiger charge is 2.52. The Labute approximate surface area is 238 Å². The monoisotopic (exact) mass is 554 g/mol. The Bertz CT molecular complexity index is 1490. The van der Waals surface area contributed by atoms with Crippen molar-refractivity contribution in [2.45, 2.75) is 64.0 Å². The fourth-order valence-electron chi connectivity index (χ4n) is 5.92. The minimum Gasteiger partial charge on any atom is -0.404 e. The van der Waals surface area contributed by atoms with Crippen molar-refractivity contribution in [2.75, 3.05) is 18.0 Å². The van der Waals surface area contributed by atoms with Crippen LogP contribution < -0.4 is 16.0 Å². The average molecular weight is 555 g/mol. The van der Waals surface area contributed by atoms with Crippen molar-refractivity contribution in [3.8, 4) is 6.07 Å². The maximum atomic E-state index is 13.5. The van der Waals surface area contributed by atoms with Gasteiger partial charge in [-0.2, -0.15) is 5.26 Å². The lowest BCUT2D eigenvalue weighted by Crippen LogP contribution is -2.48. The van der Waals surface area contributed by atoms with Crippen LogP contribution in [-0.4, -0.2) is 60.4 Å². The maximum Gasteiger partial charge on any atom is 0.259 e. The van der Waals surface area contributed by atoms with Crippen LogP contribution >= 0.6 is 0 Å². The summed E-state index contributed by atoms with van der Waals surface area (Å²) in [4.78, 5) is 57.8. The van der Waals surface area contributed by atoms with Crippen LogP contribution in [0.15, 0.2) is 47.1 Å². The lowest BCUT2D eigenvalue weighted by Gasteiger charge is -2.31. The van der Waals surface area contributed by atoms with Gasteiger partial charge >= 0.3 is 0 Å². The van der Waals surface area contributed by atoms with Gasteiger partial charge in [-0.3, -0.25) is 34.4 Å². The molecule has 5 rings (SSSR count). The molecule has 2 aliphatic heterocycles. The Hall–Kier alpha value is -4.52. The van der Waals surface area contributed by atoms with Crippen LogP contribution in [0.3, 0.4) is 0 Å². The molecule has 4 amide bonds. The lowest BCUT2D eigenvalue weighted by molar-refractivity contribution is -0.136. The van der Waals surface area contributed by atoms with Gasteiger partial charge in [-0.1, -0.05) is 31.5 Å². The van der Waals surface area contributed by atoms with Gasteiger partial charge in [-0.15, -0.1) is 0 Å². The highest BCUT2D eigenvalue weighted by Crippen LogP contribution is 2.47. The summed E-state index contributed by atoms with van der Waals surface area (Å²) in [5, 5.41) is 13.2. The summed E-state index contributed by atoms with van der Waals surface area (Å²) in [6.07, 6.45) is 8.04. The molecule has 0 bridgehead atoms. The zero-order valence-electron chi connectivity index (χ0n) is 23.1. The number of rotatable bonds is 10. The number of piperidine rings is 1. The summed E-state index contributed by atoms with van der Waals surface area (Å²) in [6.45, 7) is 3.11. The van der Waals surface area contributed by atoms with Gasteiger partial charge in [0.05, 0.1) is 17.8 Å². The van der Waals surface area contributed by atoms with E-state index >= 15 is 0 Å². The summed E-state index contributed by atoms with van der Waals surface area (Å²) in [5.74, 6) is -0.804. The van der Waals surface area contributed by atoms with Crippen molar-refractivity contribution in [2.24, 2.45) is 16.1 Å². The van der Waals surface area contributed by atoms with Crippen molar-refractivity contribution in [1.82, 2.24) is 10.2 Å². The first-order valence-corrected chi connectivity index (χ1v) is 14.1.